The van der Waals surface area contributed by atoms with E-state index in [0.29, 0.717) is 12.3 Å². The van der Waals surface area contributed by atoms with Gasteiger partial charge >= 0.3 is 0 Å². The maximum atomic E-state index is 12.1. The van der Waals surface area contributed by atoms with Crippen LogP contribution in [0.15, 0.2) is 0 Å². The molecule has 6 heteroatoms. The largest absolute Gasteiger partial charge is 0.352 e. The molecule has 0 bridgehead atoms. The molecule has 0 aliphatic carbocycles. The molecule has 1 amide bonds. The number of aryl methyl sites for hydroxylation is 1. The minimum Gasteiger partial charge on any atom is -0.352 e. The minimum absolute atomic E-state index is 0. The lowest BCUT2D eigenvalue weighted by atomic mass is 10.1. The molecule has 1 aromatic rings. The minimum atomic E-state index is 0. The Morgan fingerprint density at radius 1 is 1.48 bits per heavy atom. The number of amides is 1. The Morgan fingerprint density at radius 3 is 2.76 bits per heavy atom. The normalized spacial score (nSPS) is 17.9. The van der Waals surface area contributed by atoms with Crippen LogP contribution < -0.4 is 10.6 Å². The van der Waals surface area contributed by atoms with Crippen LogP contribution in [-0.4, -0.2) is 34.8 Å². The zero-order valence-corrected chi connectivity index (χ0v) is 14.2. The van der Waals surface area contributed by atoms with Crippen LogP contribution in [0.5, 0.6) is 0 Å². The SMILES string of the molecule is Cc1nn(CC(C)C)c(C)c1CC(=O)NC1CCNC1.Cl. The van der Waals surface area contributed by atoms with Gasteiger partial charge in [-0.15, -0.1) is 12.4 Å². The van der Waals surface area contributed by atoms with Gasteiger partial charge in [-0.05, 0) is 32.7 Å². The van der Waals surface area contributed by atoms with E-state index in [1.165, 1.54) is 0 Å². The second-order valence-electron chi connectivity index (χ2n) is 6.16. The van der Waals surface area contributed by atoms with Gasteiger partial charge in [-0.1, -0.05) is 13.8 Å². The molecule has 1 saturated heterocycles. The van der Waals surface area contributed by atoms with Crippen molar-refractivity contribution in [3.8, 4) is 0 Å². The van der Waals surface area contributed by atoms with Crippen LogP contribution in [0.2, 0.25) is 0 Å². The van der Waals surface area contributed by atoms with E-state index in [1.807, 2.05) is 11.6 Å². The maximum absolute atomic E-state index is 12.1. The van der Waals surface area contributed by atoms with Crippen LogP contribution in [0.3, 0.4) is 0 Å². The average Bonchev–Trinajstić information content (AvgIpc) is 2.93. The lowest BCUT2D eigenvalue weighted by Gasteiger charge is -2.11. The molecule has 1 aromatic heterocycles. The van der Waals surface area contributed by atoms with Crippen molar-refractivity contribution >= 4 is 18.3 Å². The summed E-state index contributed by atoms with van der Waals surface area (Å²) in [7, 11) is 0. The molecule has 0 saturated carbocycles. The van der Waals surface area contributed by atoms with Crippen molar-refractivity contribution in [1.82, 2.24) is 20.4 Å². The monoisotopic (exact) mass is 314 g/mol. The average molecular weight is 315 g/mol. The highest BCUT2D eigenvalue weighted by Gasteiger charge is 2.19. The molecule has 2 rings (SSSR count). The second-order valence-corrected chi connectivity index (χ2v) is 6.16. The van der Waals surface area contributed by atoms with Crippen molar-refractivity contribution in [2.75, 3.05) is 13.1 Å². The van der Waals surface area contributed by atoms with Crippen molar-refractivity contribution in [3.63, 3.8) is 0 Å². The summed E-state index contributed by atoms with van der Waals surface area (Å²) in [6.45, 7) is 11.2. The Kier molecular flexibility index (Phi) is 6.68. The Morgan fingerprint density at radius 2 is 2.19 bits per heavy atom. The number of aromatic nitrogens is 2. The van der Waals surface area contributed by atoms with Gasteiger partial charge in [-0.25, -0.2) is 0 Å². The molecule has 0 spiro atoms. The number of nitrogens with one attached hydrogen (secondary N) is 2. The fraction of sp³-hybridized carbons (Fsp3) is 0.733. The van der Waals surface area contributed by atoms with Crippen LogP contribution in [0.25, 0.3) is 0 Å². The zero-order chi connectivity index (χ0) is 14.7. The van der Waals surface area contributed by atoms with Gasteiger partial charge in [0.25, 0.3) is 0 Å². The topological polar surface area (TPSA) is 59.0 Å². The second kappa shape index (κ2) is 7.80. The summed E-state index contributed by atoms with van der Waals surface area (Å²) in [6, 6.07) is 0.286. The van der Waals surface area contributed by atoms with Crippen LogP contribution in [0, 0.1) is 19.8 Å². The van der Waals surface area contributed by atoms with Gasteiger partial charge in [0.15, 0.2) is 0 Å². The first-order valence-corrected chi connectivity index (χ1v) is 7.50. The molecule has 21 heavy (non-hydrogen) atoms. The summed E-state index contributed by atoms with van der Waals surface area (Å²) in [4.78, 5) is 12.1. The first-order valence-electron chi connectivity index (χ1n) is 7.50. The number of carbonyl (C=O) groups excluding carboxylic acids is 1. The highest BCUT2D eigenvalue weighted by Crippen LogP contribution is 2.15. The van der Waals surface area contributed by atoms with Crippen molar-refractivity contribution in [2.45, 2.75) is 53.1 Å². The van der Waals surface area contributed by atoms with Crippen molar-refractivity contribution in [2.24, 2.45) is 5.92 Å². The first-order chi connectivity index (χ1) is 9.47. The molecule has 120 valence electrons. The molecule has 1 atom stereocenters. The molecule has 0 radical (unpaired) electrons. The van der Waals surface area contributed by atoms with Gasteiger partial charge in [0.05, 0.1) is 12.1 Å². The summed E-state index contributed by atoms with van der Waals surface area (Å²) >= 11 is 0. The maximum Gasteiger partial charge on any atom is 0.224 e. The van der Waals surface area contributed by atoms with E-state index in [1.54, 1.807) is 0 Å². The lowest BCUT2D eigenvalue weighted by molar-refractivity contribution is -0.121. The van der Waals surface area contributed by atoms with Gasteiger partial charge in [-0.2, -0.15) is 5.10 Å². The van der Waals surface area contributed by atoms with Gasteiger partial charge in [0.2, 0.25) is 5.91 Å². The summed E-state index contributed by atoms with van der Waals surface area (Å²) in [5, 5.41) is 10.9. The number of halogens is 1. The fourth-order valence-corrected chi connectivity index (χ4v) is 2.73. The Bertz CT molecular complexity index is 478. The lowest BCUT2D eigenvalue weighted by Crippen LogP contribution is -2.37. The third kappa shape index (κ3) is 4.71. The van der Waals surface area contributed by atoms with Crippen molar-refractivity contribution in [1.29, 1.82) is 0 Å². The standard InChI is InChI=1S/C15H26N4O.ClH/c1-10(2)9-19-12(4)14(11(3)18-19)7-15(20)17-13-5-6-16-8-13;/h10,13,16H,5-9H2,1-4H3,(H,17,20);1H. The smallest absolute Gasteiger partial charge is 0.224 e. The van der Waals surface area contributed by atoms with Crippen molar-refractivity contribution < 1.29 is 4.79 Å². The van der Waals surface area contributed by atoms with Crippen LogP contribution in [0.4, 0.5) is 0 Å². The molecule has 2 N–H and O–H groups in total. The van der Waals surface area contributed by atoms with Gasteiger partial charge in [0, 0.05) is 30.4 Å². The van der Waals surface area contributed by atoms with E-state index in [2.05, 4.69) is 36.5 Å². The van der Waals surface area contributed by atoms with E-state index >= 15 is 0 Å². The van der Waals surface area contributed by atoms with Crippen molar-refractivity contribution in [3.05, 3.63) is 17.0 Å². The van der Waals surface area contributed by atoms with Crippen LogP contribution in [-0.2, 0) is 17.8 Å². The molecule has 0 aromatic carbocycles. The van der Waals surface area contributed by atoms with E-state index < -0.39 is 0 Å². The molecule has 1 aliphatic rings. The summed E-state index contributed by atoms with van der Waals surface area (Å²) in [5.74, 6) is 0.660. The zero-order valence-electron chi connectivity index (χ0n) is 13.4. The van der Waals surface area contributed by atoms with Gasteiger partial charge < -0.3 is 10.6 Å². The van der Waals surface area contributed by atoms with E-state index in [-0.39, 0.29) is 24.4 Å². The van der Waals surface area contributed by atoms with Crippen LogP contribution in [0.1, 0.15) is 37.2 Å². The molecule has 2 heterocycles. The third-order valence-electron chi connectivity index (χ3n) is 3.83. The number of hydrogen-bond acceptors (Lipinski definition) is 3. The van der Waals surface area contributed by atoms with Crippen LogP contribution >= 0.6 is 12.4 Å². The summed E-state index contributed by atoms with van der Waals surface area (Å²) in [6.07, 6.45) is 1.46. The number of nitrogens with zero attached hydrogens (tertiary/aromatic N) is 2. The molecule has 1 unspecified atom stereocenters. The van der Waals surface area contributed by atoms with Gasteiger partial charge in [-0.3, -0.25) is 9.48 Å². The van der Waals surface area contributed by atoms with E-state index in [4.69, 9.17) is 0 Å². The number of carbonyl (C=O) groups is 1. The van der Waals surface area contributed by atoms with E-state index in [9.17, 15) is 4.79 Å². The summed E-state index contributed by atoms with van der Waals surface area (Å²) in [5.41, 5.74) is 3.17. The number of hydrogen-bond donors (Lipinski definition) is 2. The Hall–Kier alpha value is -1.07. The fourth-order valence-electron chi connectivity index (χ4n) is 2.73. The summed E-state index contributed by atoms with van der Waals surface area (Å²) < 4.78 is 2.03. The molecule has 1 fully saturated rings. The molecule has 5 nitrogen and oxygen atoms in total. The van der Waals surface area contributed by atoms with E-state index in [0.717, 1.165) is 43.0 Å². The third-order valence-corrected chi connectivity index (χ3v) is 3.83. The van der Waals surface area contributed by atoms with Gasteiger partial charge in [0.1, 0.15) is 0 Å². The Balaban J connectivity index is 0.00000220. The predicted molar refractivity (Wildman–Crippen MR) is 86.9 cm³/mol. The first kappa shape index (κ1) is 18.0. The molecular weight excluding hydrogens is 288 g/mol. The number of rotatable bonds is 5. The Labute approximate surface area is 133 Å². The highest BCUT2D eigenvalue weighted by atomic mass is 35.5. The highest BCUT2D eigenvalue weighted by molar-refractivity contribution is 5.85. The molecular formula is C15H27ClN4O. The quantitative estimate of drug-likeness (QED) is 0.868. The predicted octanol–water partition coefficient (Wildman–Crippen LogP) is 1.60. The molecule has 1 aliphatic heterocycles.